The molecule has 1 unspecified atom stereocenters. The molecule has 1 saturated heterocycles. The largest absolute Gasteiger partial charge is 0.400 e. The Morgan fingerprint density at radius 3 is 2.75 bits per heavy atom. The molecule has 1 aliphatic rings. The molecular formula is C19H29ClN2O2. The molecule has 0 aliphatic carbocycles. The predicted molar refractivity (Wildman–Crippen MR) is 100 cm³/mol. The molecule has 0 amide bonds. The van der Waals surface area contributed by atoms with Gasteiger partial charge in [0.1, 0.15) is 0 Å². The van der Waals surface area contributed by atoms with Gasteiger partial charge in [-0.25, -0.2) is 0 Å². The van der Waals surface area contributed by atoms with E-state index in [1.807, 2.05) is 24.3 Å². The third kappa shape index (κ3) is 7.65. The molecule has 1 atom stereocenters. The summed E-state index contributed by atoms with van der Waals surface area (Å²) in [6.07, 6.45) is 3.51. The molecule has 0 aromatic heterocycles. The molecule has 1 aromatic carbocycles. The maximum atomic E-state index is 7.00. The van der Waals surface area contributed by atoms with Gasteiger partial charge in [0.15, 0.2) is 0 Å². The van der Waals surface area contributed by atoms with Crippen LogP contribution >= 0.6 is 11.6 Å². The third-order valence-electron chi connectivity index (χ3n) is 4.02. The Balaban J connectivity index is 0.00000139. The normalized spacial score (nSPS) is 19.8. The van der Waals surface area contributed by atoms with Crippen LogP contribution in [0.3, 0.4) is 0 Å². The molecule has 134 valence electrons. The van der Waals surface area contributed by atoms with Gasteiger partial charge in [0, 0.05) is 44.4 Å². The number of benzene rings is 1. The molecule has 24 heavy (non-hydrogen) atoms. The Hall–Kier alpha value is -1.09. The molecule has 0 spiro atoms. The lowest BCUT2D eigenvalue weighted by Crippen LogP contribution is -2.37. The van der Waals surface area contributed by atoms with Crippen molar-refractivity contribution in [3.8, 4) is 11.8 Å². The summed E-state index contributed by atoms with van der Waals surface area (Å²) in [5.41, 5.74) is 0.988. The number of rotatable bonds is 2. The van der Waals surface area contributed by atoms with Crippen LogP contribution in [-0.4, -0.2) is 68.6 Å². The first kappa shape index (κ1) is 21.0. The minimum Gasteiger partial charge on any atom is -0.400 e. The Morgan fingerprint density at radius 2 is 2.04 bits per heavy atom. The van der Waals surface area contributed by atoms with E-state index >= 15 is 0 Å². The number of hydrogen-bond acceptors (Lipinski definition) is 4. The van der Waals surface area contributed by atoms with Crippen LogP contribution in [0, 0.1) is 11.8 Å². The van der Waals surface area contributed by atoms with E-state index in [9.17, 15) is 0 Å². The minimum atomic E-state index is 0.307. The topological polar surface area (TPSA) is 35.9 Å². The number of methoxy groups -OCH3 is 1. The summed E-state index contributed by atoms with van der Waals surface area (Å²) in [6, 6.07) is 8.06. The Labute approximate surface area is 151 Å². The van der Waals surface area contributed by atoms with Gasteiger partial charge >= 0.3 is 0 Å². The predicted octanol–water partition coefficient (Wildman–Crippen LogP) is 2.69. The van der Waals surface area contributed by atoms with Crippen molar-refractivity contribution in [2.75, 3.05) is 47.6 Å². The van der Waals surface area contributed by atoms with Crippen LogP contribution in [0.15, 0.2) is 24.3 Å². The molecule has 1 aliphatic heterocycles. The smallest absolute Gasteiger partial charge is 0.0986 e. The van der Waals surface area contributed by atoms with E-state index in [1.54, 1.807) is 7.11 Å². The highest BCUT2D eigenvalue weighted by Gasteiger charge is 2.16. The lowest BCUT2D eigenvalue weighted by Gasteiger charge is -2.25. The van der Waals surface area contributed by atoms with Gasteiger partial charge < -0.3 is 9.84 Å². The number of aliphatic hydroxyl groups is 1. The van der Waals surface area contributed by atoms with E-state index in [4.69, 9.17) is 21.4 Å². The van der Waals surface area contributed by atoms with Crippen LogP contribution in [0.4, 0.5) is 0 Å². The molecule has 2 rings (SSSR count). The van der Waals surface area contributed by atoms with Crippen molar-refractivity contribution in [3.05, 3.63) is 34.9 Å². The van der Waals surface area contributed by atoms with Crippen LogP contribution in [0.5, 0.6) is 0 Å². The molecule has 4 nitrogen and oxygen atoms in total. The number of ether oxygens (including phenoxy) is 1. The van der Waals surface area contributed by atoms with E-state index in [0.29, 0.717) is 12.8 Å². The average molecular weight is 353 g/mol. The lowest BCUT2D eigenvalue weighted by molar-refractivity contribution is 0.0581. The maximum absolute atomic E-state index is 7.00. The standard InChI is InChI=1S/C18H25ClN2O.CH4O/c1-20-12-13-21(15-22-2)11-4-3-8-18(20)10-9-16-6-5-7-17(19)14-16;1-2/h5-7,14,18H,3-4,8,11-13,15H2,1-2H3;2H,1H3. The second-order valence-electron chi connectivity index (χ2n) is 5.81. The van der Waals surface area contributed by atoms with Crippen molar-refractivity contribution < 1.29 is 9.84 Å². The highest BCUT2D eigenvalue weighted by molar-refractivity contribution is 6.30. The highest BCUT2D eigenvalue weighted by Crippen LogP contribution is 2.12. The first-order valence-corrected chi connectivity index (χ1v) is 8.70. The Bertz CT molecular complexity index is 528. The number of halogens is 1. The zero-order valence-electron chi connectivity index (χ0n) is 15.0. The van der Waals surface area contributed by atoms with Gasteiger partial charge in [0.05, 0.1) is 12.8 Å². The van der Waals surface area contributed by atoms with E-state index in [1.165, 1.54) is 12.8 Å². The highest BCUT2D eigenvalue weighted by atomic mass is 35.5. The van der Waals surface area contributed by atoms with Crippen molar-refractivity contribution in [3.63, 3.8) is 0 Å². The van der Waals surface area contributed by atoms with Crippen LogP contribution in [0.1, 0.15) is 24.8 Å². The summed E-state index contributed by atoms with van der Waals surface area (Å²) in [7, 11) is 4.92. The molecular weight excluding hydrogens is 324 g/mol. The number of aliphatic hydroxyl groups excluding tert-OH is 1. The van der Waals surface area contributed by atoms with E-state index in [0.717, 1.165) is 43.8 Å². The molecule has 1 aromatic rings. The van der Waals surface area contributed by atoms with E-state index in [-0.39, 0.29) is 0 Å². The molecule has 1 N–H and O–H groups in total. The first-order chi connectivity index (χ1) is 11.7. The first-order valence-electron chi connectivity index (χ1n) is 8.32. The van der Waals surface area contributed by atoms with E-state index in [2.05, 4.69) is 28.7 Å². The monoisotopic (exact) mass is 352 g/mol. The summed E-state index contributed by atoms with van der Waals surface area (Å²) in [6.45, 7) is 3.86. The summed E-state index contributed by atoms with van der Waals surface area (Å²) in [5.74, 6) is 6.70. The summed E-state index contributed by atoms with van der Waals surface area (Å²) in [4.78, 5) is 4.72. The van der Waals surface area contributed by atoms with Crippen molar-refractivity contribution in [1.82, 2.24) is 9.80 Å². The van der Waals surface area contributed by atoms with Crippen molar-refractivity contribution in [2.24, 2.45) is 0 Å². The molecule has 5 heteroatoms. The van der Waals surface area contributed by atoms with Gasteiger partial charge in [0.2, 0.25) is 0 Å². The van der Waals surface area contributed by atoms with Crippen molar-refractivity contribution >= 4 is 11.6 Å². The van der Waals surface area contributed by atoms with Crippen molar-refractivity contribution in [2.45, 2.75) is 25.3 Å². The lowest BCUT2D eigenvalue weighted by atomic mass is 10.1. The van der Waals surface area contributed by atoms with Crippen molar-refractivity contribution in [1.29, 1.82) is 0 Å². The van der Waals surface area contributed by atoms with Gasteiger partial charge in [-0.05, 0) is 44.5 Å². The number of hydrogen-bond donors (Lipinski definition) is 1. The maximum Gasteiger partial charge on any atom is 0.0986 e. The van der Waals surface area contributed by atoms with Gasteiger partial charge in [-0.3, -0.25) is 9.80 Å². The van der Waals surface area contributed by atoms with Gasteiger partial charge in [-0.2, -0.15) is 0 Å². The fourth-order valence-electron chi connectivity index (χ4n) is 2.69. The molecule has 0 radical (unpaired) electrons. The van der Waals surface area contributed by atoms with Crippen LogP contribution < -0.4 is 0 Å². The Kier molecular flexibility index (Phi) is 10.7. The van der Waals surface area contributed by atoms with Crippen LogP contribution in [-0.2, 0) is 4.74 Å². The minimum absolute atomic E-state index is 0.307. The third-order valence-corrected chi connectivity index (χ3v) is 4.26. The zero-order valence-corrected chi connectivity index (χ0v) is 15.7. The summed E-state index contributed by atoms with van der Waals surface area (Å²) < 4.78 is 5.26. The SMILES string of the molecule is CO.COCN1CCCCC(C#Cc2cccc(Cl)c2)N(C)CC1. The molecule has 1 heterocycles. The quantitative estimate of drug-likeness (QED) is 0.830. The number of likely N-dealkylation sites (N-methyl/N-ethyl adjacent to an activating group) is 1. The van der Waals surface area contributed by atoms with Gasteiger partial charge in [-0.1, -0.05) is 29.5 Å². The summed E-state index contributed by atoms with van der Waals surface area (Å²) >= 11 is 6.01. The molecule has 1 fully saturated rings. The number of nitrogens with zero attached hydrogens (tertiary/aromatic N) is 2. The van der Waals surface area contributed by atoms with Crippen LogP contribution in [0.25, 0.3) is 0 Å². The zero-order chi connectivity index (χ0) is 17.8. The average Bonchev–Trinajstić information content (AvgIpc) is 2.67. The second-order valence-corrected chi connectivity index (χ2v) is 6.24. The van der Waals surface area contributed by atoms with E-state index < -0.39 is 0 Å². The fourth-order valence-corrected chi connectivity index (χ4v) is 2.88. The second kappa shape index (κ2) is 12.3. The van der Waals surface area contributed by atoms with Crippen LogP contribution in [0.2, 0.25) is 5.02 Å². The van der Waals surface area contributed by atoms with Gasteiger partial charge in [-0.15, -0.1) is 0 Å². The van der Waals surface area contributed by atoms with Gasteiger partial charge in [0.25, 0.3) is 0 Å². The molecule has 0 saturated carbocycles. The fraction of sp³-hybridized carbons (Fsp3) is 0.579. The summed E-state index contributed by atoms with van der Waals surface area (Å²) in [5, 5.41) is 7.74. The molecule has 0 bridgehead atoms. The Morgan fingerprint density at radius 1 is 1.25 bits per heavy atom.